The fourth-order valence-corrected chi connectivity index (χ4v) is 4.83. The molecule has 8 heteroatoms. The van der Waals surface area contributed by atoms with E-state index in [2.05, 4.69) is 5.32 Å². The summed E-state index contributed by atoms with van der Waals surface area (Å²) in [7, 11) is 0. The van der Waals surface area contributed by atoms with E-state index in [9.17, 15) is 9.59 Å². The van der Waals surface area contributed by atoms with Crippen LogP contribution in [-0.2, 0) is 11.3 Å². The van der Waals surface area contributed by atoms with Crippen molar-refractivity contribution < 1.29 is 23.5 Å². The third kappa shape index (κ3) is 5.30. The van der Waals surface area contributed by atoms with Crippen LogP contribution < -0.4 is 14.8 Å². The van der Waals surface area contributed by atoms with E-state index in [0.717, 1.165) is 31.2 Å². The highest BCUT2D eigenvalue weighted by Gasteiger charge is 2.34. The second-order valence-electron chi connectivity index (χ2n) is 8.90. The van der Waals surface area contributed by atoms with Crippen LogP contribution in [0.4, 0.5) is 0 Å². The van der Waals surface area contributed by atoms with Crippen molar-refractivity contribution in [3.8, 4) is 11.5 Å². The molecule has 1 fully saturated rings. The Morgan fingerprint density at radius 3 is 2.51 bits per heavy atom. The minimum Gasteiger partial charge on any atom is -0.459 e. The standard InChI is InChI=1S/C27H27ClN2O5/c28-20-11-9-19(10-12-20)25(26(31)29-21-5-2-1-3-6-21)30(27(32)23-7-4-14-33-23)16-18-8-13-22-24(15-18)35-17-34-22/h4,7-15,21,25H,1-3,5-6,16-17H2,(H,29,31)/t25-/m0/s1. The Kier molecular flexibility index (Phi) is 6.95. The van der Waals surface area contributed by atoms with Gasteiger partial charge in [-0.25, -0.2) is 0 Å². The number of nitrogens with zero attached hydrogens (tertiary/aromatic N) is 1. The molecule has 0 spiro atoms. The lowest BCUT2D eigenvalue weighted by atomic mass is 9.94. The Balaban J connectivity index is 1.51. The molecule has 2 heterocycles. The highest BCUT2D eigenvalue weighted by atomic mass is 35.5. The number of rotatable bonds is 7. The number of carbonyl (C=O) groups excluding carboxylic acids is 2. The first-order chi connectivity index (χ1) is 17.1. The monoisotopic (exact) mass is 494 g/mol. The Bertz CT molecular complexity index is 1170. The summed E-state index contributed by atoms with van der Waals surface area (Å²) in [5.41, 5.74) is 1.47. The Hall–Kier alpha value is -3.45. The molecule has 2 aliphatic rings. The van der Waals surface area contributed by atoms with Crippen LogP contribution in [0.5, 0.6) is 11.5 Å². The highest BCUT2D eigenvalue weighted by Crippen LogP contribution is 2.34. The molecule has 1 aromatic heterocycles. The number of ether oxygens (including phenoxy) is 2. The first-order valence-corrected chi connectivity index (χ1v) is 12.2. The average Bonchev–Trinajstić information content (AvgIpc) is 3.57. The van der Waals surface area contributed by atoms with Gasteiger partial charge < -0.3 is 24.1 Å². The van der Waals surface area contributed by atoms with E-state index >= 15 is 0 Å². The molecule has 1 aliphatic heterocycles. The van der Waals surface area contributed by atoms with E-state index in [4.69, 9.17) is 25.5 Å². The van der Waals surface area contributed by atoms with Gasteiger partial charge in [-0.2, -0.15) is 0 Å². The van der Waals surface area contributed by atoms with Crippen LogP contribution in [0.2, 0.25) is 5.02 Å². The van der Waals surface area contributed by atoms with E-state index < -0.39 is 6.04 Å². The van der Waals surface area contributed by atoms with Crippen molar-refractivity contribution in [1.29, 1.82) is 0 Å². The number of nitrogens with one attached hydrogen (secondary N) is 1. The molecular weight excluding hydrogens is 468 g/mol. The molecule has 0 radical (unpaired) electrons. The van der Waals surface area contributed by atoms with Gasteiger partial charge in [-0.3, -0.25) is 9.59 Å². The lowest BCUT2D eigenvalue weighted by Crippen LogP contribution is -2.46. The van der Waals surface area contributed by atoms with Crippen LogP contribution in [0.15, 0.2) is 65.3 Å². The van der Waals surface area contributed by atoms with Crippen LogP contribution in [0.3, 0.4) is 0 Å². The van der Waals surface area contributed by atoms with Crippen molar-refractivity contribution >= 4 is 23.4 Å². The molecule has 1 atom stereocenters. The van der Waals surface area contributed by atoms with Crippen LogP contribution >= 0.6 is 11.6 Å². The van der Waals surface area contributed by atoms with Gasteiger partial charge in [0.05, 0.1) is 6.26 Å². The Morgan fingerprint density at radius 1 is 1.00 bits per heavy atom. The van der Waals surface area contributed by atoms with Crippen LogP contribution in [0, 0.1) is 0 Å². The van der Waals surface area contributed by atoms with Gasteiger partial charge >= 0.3 is 0 Å². The molecule has 7 nitrogen and oxygen atoms in total. The van der Waals surface area contributed by atoms with Gasteiger partial charge in [0.15, 0.2) is 17.3 Å². The summed E-state index contributed by atoms with van der Waals surface area (Å²) in [6.45, 7) is 0.326. The average molecular weight is 495 g/mol. The minimum atomic E-state index is -0.878. The summed E-state index contributed by atoms with van der Waals surface area (Å²) in [6.07, 6.45) is 6.68. The Labute approximate surface area is 209 Å². The first-order valence-electron chi connectivity index (χ1n) is 11.9. The van der Waals surface area contributed by atoms with Crippen molar-refractivity contribution in [3.05, 3.63) is 82.8 Å². The number of carbonyl (C=O) groups is 2. The van der Waals surface area contributed by atoms with Gasteiger partial charge in [0, 0.05) is 17.6 Å². The molecule has 0 unspecified atom stereocenters. The zero-order valence-corrected chi connectivity index (χ0v) is 20.0. The van der Waals surface area contributed by atoms with Gasteiger partial charge in [0.1, 0.15) is 6.04 Å². The van der Waals surface area contributed by atoms with Gasteiger partial charge in [-0.1, -0.05) is 49.1 Å². The summed E-state index contributed by atoms with van der Waals surface area (Å²) in [6, 6.07) is 15.0. The number of furan rings is 1. The normalized spacial score (nSPS) is 16.0. The van der Waals surface area contributed by atoms with Gasteiger partial charge in [-0.05, 0) is 60.4 Å². The summed E-state index contributed by atoms with van der Waals surface area (Å²) in [5, 5.41) is 3.75. The van der Waals surface area contributed by atoms with Gasteiger partial charge in [-0.15, -0.1) is 0 Å². The zero-order chi connectivity index (χ0) is 24.2. The summed E-state index contributed by atoms with van der Waals surface area (Å²) < 4.78 is 16.4. The second kappa shape index (κ2) is 10.4. The summed E-state index contributed by atoms with van der Waals surface area (Å²) in [4.78, 5) is 29.0. The number of hydrogen-bond acceptors (Lipinski definition) is 5. The number of benzene rings is 2. The topological polar surface area (TPSA) is 81.0 Å². The summed E-state index contributed by atoms with van der Waals surface area (Å²) in [5.74, 6) is 0.825. The fourth-order valence-electron chi connectivity index (χ4n) is 4.70. The fraction of sp³-hybridized carbons (Fsp3) is 0.333. The predicted molar refractivity (Wildman–Crippen MR) is 130 cm³/mol. The molecule has 1 aliphatic carbocycles. The maximum Gasteiger partial charge on any atom is 0.290 e. The lowest BCUT2D eigenvalue weighted by molar-refractivity contribution is -0.127. The Morgan fingerprint density at radius 2 is 1.77 bits per heavy atom. The summed E-state index contributed by atoms with van der Waals surface area (Å²) >= 11 is 6.14. The smallest absolute Gasteiger partial charge is 0.290 e. The van der Waals surface area contributed by atoms with Crippen LogP contribution in [0.1, 0.15) is 59.8 Å². The molecule has 2 aromatic carbocycles. The molecule has 182 valence electrons. The SMILES string of the molecule is O=C(NC1CCCCC1)[C@H](c1ccc(Cl)cc1)N(Cc1ccc2c(c1)OCO2)C(=O)c1ccco1. The minimum absolute atomic E-state index is 0.0946. The van der Waals surface area contributed by atoms with Crippen molar-refractivity contribution in [2.75, 3.05) is 6.79 Å². The second-order valence-corrected chi connectivity index (χ2v) is 9.33. The molecule has 1 saturated carbocycles. The highest BCUT2D eigenvalue weighted by molar-refractivity contribution is 6.30. The third-order valence-corrected chi connectivity index (χ3v) is 6.73. The number of amides is 2. The van der Waals surface area contributed by atoms with E-state index in [0.29, 0.717) is 22.1 Å². The van der Waals surface area contributed by atoms with Gasteiger partial charge in [0.25, 0.3) is 5.91 Å². The van der Waals surface area contributed by atoms with Crippen LogP contribution in [-0.4, -0.2) is 29.5 Å². The van der Waals surface area contributed by atoms with Crippen LogP contribution in [0.25, 0.3) is 0 Å². The molecule has 0 saturated heterocycles. The largest absolute Gasteiger partial charge is 0.459 e. The first kappa shape index (κ1) is 23.3. The van der Waals surface area contributed by atoms with Crippen molar-refractivity contribution in [3.63, 3.8) is 0 Å². The van der Waals surface area contributed by atoms with E-state index in [1.54, 1.807) is 36.4 Å². The molecule has 5 rings (SSSR count). The number of hydrogen-bond donors (Lipinski definition) is 1. The molecule has 1 N–H and O–H groups in total. The van der Waals surface area contributed by atoms with Gasteiger partial charge in [0.2, 0.25) is 12.7 Å². The number of halogens is 1. The third-order valence-electron chi connectivity index (χ3n) is 6.48. The zero-order valence-electron chi connectivity index (χ0n) is 19.2. The molecular formula is C27H27ClN2O5. The quantitative estimate of drug-likeness (QED) is 0.469. The van der Waals surface area contributed by atoms with E-state index in [-0.39, 0.29) is 37.0 Å². The van der Waals surface area contributed by atoms with E-state index in [1.165, 1.54) is 17.6 Å². The predicted octanol–water partition coefficient (Wildman–Crippen LogP) is 5.49. The molecule has 3 aromatic rings. The van der Waals surface area contributed by atoms with Crippen molar-refractivity contribution in [1.82, 2.24) is 10.2 Å². The van der Waals surface area contributed by atoms with Crippen molar-refractivity contribution in [2.45, 2.75) is 50.7 Å². The molecule has 35 heavy (non-hydrogen) atoms. The van der Waals surface area contributed by atoms with E-state index in [1.807, 2.05) is 18.2 Å². The lowest BCUT2D eigenvalue weighted by Gasteiger charge is -2.33. The maximum atomic E-state index is 13.8. The molecule has 0 bridgehead atoms. The number of fused-ring (bicyclic) bond motifs is 1. The maximum absolute atomic E-state index is 13.8. The van der Waals surface area contributed by atoms with Crippen molar-refractivity contribution in [2.24, 2.45) is 0 Å². The molecule has 2 amide bonds.